The van der Waals surface area contributed by atoms with Crippen LogP contribution in [-0.4, -0.2) is 30.1 Å². The number of H-pyrrole nitrogens is 1. The molecule has 1 heterocycles. The molecule has 0 aliphatic heterocycles. The first-order valence-electron chi connectivity index (χ1n) is 5.79. The van der Waals surface area contributed by atoms with Gasteiger partial charge in [-0.15, -0.1) is 0 Å². The number of aliphatic hydroxyl groups excluding tert-OH is 1. The van der Waals surface area contributed by atoms with Crippen molar-refractivity contribution < 1.29 is 13.5 Å². The van der Waals surface area contributed by atoms with Gasteiger partial charge >= 0.3 is 0 Å². The zero-order valence-electron chi connectivity index (χ0n) is 10.5. The summed E-state index contributed by atoms with van der Waals surface area (Å²) in [6, 6.07) is 6.21. The maximum absolute atomic E-state index is 12.1. The van der Waals surface area contributed by atoms with Crippen molar-refractivity contribution in [1.29, 1.82) is 0 Å². The summed E-state index contributed by atoms with van der Waals surface area (Å²) in [5, 5.41) is 8.63. The van der Waals surface area contributed by atoms with Gasteiger partial charge < -0.3 is 10.1 Å². The smallest absolute Gasteiger partial charge is 0.241 e. The number of hydrogen-bond acceptors (Lipinski definition) is 4. The summed E-state index contributed by atoms with van der Waals surface area (Å²) in [4.78, 5) is 6.87. The van der Waals surface area contributed by atoms with E-state index >= 15 is 0 Å². The molecule has 0 spiro atoms. The predicted molar refractivity (Wildman–Crippen MR) is 73.0 cm³/mol. The zero-order valence-corrected chi connectivity index (χ0v) is 11.3. The first-order chi connectivity index (χ1) is 9.62. The van der Waals surface area contributed by atoms with Crippen molar-refractivity contribution in [2.45, 2.75) is 11.4 Å². The molecule has 6 nitrogen and oxygen atoms in total. The van der Waals surface area contributed by atoms with E-state index in [9.17, 15) is 8.42 Å². The van der Waals surface area contributed by atoms with E-state index in [1.54, 1.807) is 24.5 Å². The van der Waals surface area contributed by atoms with E-state index in [4.69, 9.17) is 5.11 Å². The molecule has 0 unspecified atom stereocenters. The molecule has 0 amide bonds. The third-order valence-corrected chi connectivity index (χ3v) is 3.84. The molecule has 1 aromatic heterocycles. The van der Waals surface area contributed by atoms with Gasteiger partial charge in [0.15, 0.2) is 0 Å². The number of rotatable bonds is 4. The summed E-state index contributed by atoms with van der Waals surface area (Å²) in [5.41, 5.74) is 0.528. The minimum atomic E-state index is -3.62. The average molecular weight is 291 g/mol. The predicted octanol–water partition coefficient (Wildman–Crippen LogP) is 0.232. The van der Waals surface area contributed by atoms with Gasteiger partial charge in [0.1, 0.15) is 12.4 Å². The highest BCUT2D eigenvalue weighted by Gasteiger charge is 2.14. The number of sulfonamides is 1. The molecule has 7 heteroatoms. The number of imidazole rings is 1. The lowest BCUT2D eigenvalue weighted by molar-refractivity contribution is 0.350. The van der Waals surface area contributed by atoms with Gasteiger partial charge in [-0.25, -0.2) is 18.1 Å². The fourth-order valence-electron chi connectivity index (χ4n) is 1.52. The number of aromatic amines is 1. The molecule has 0 aliphatic carbocycles. The van der Waals surface area contributed by atoms with Gasteiger partial charge in [-0.1, -0.05) is 17.9 Å². The molecule has 2 aromatic rings. The topological polar surface area (TPSA) is 95.1 Å². The molecule has 3 N–H and O–H groups in total. The lowest BCUT2D eigenvalue weighted by Crippen LogP contribution is -2.23. The van der Waals surface area contributed by atoms with Crippen molar-refractivity contribution in [3.8, 4) is 11.8 Å². The Labute approximate surface area is 116 Å². The molecule has 0 bridgehead atoms. The zero-order chi connectivity index (χ0) is 14.4. The summed E-state index contributed by atoms with van der Waals surface area (Å²) < 4.78 is 26.6. The second kappa shape index (κ2) is 6.34. The van der Waals surface area contributed by atoms with Gasteiger partial charge in [0.2, 0.25) is 10.0 Å². The van der Waals surface area contributed by atoms with Crippen LogP contribution in [0.1, 0.15) is 11.4 Å². The van der Waals surface area contributed by atoms with Crippen molar-refractivity contribution in [3.63, 3.8) is 0 Å². The second-order valence-corrected chi connectivity index (χ2v) is 5.62. The minimum Gasteiger partial charge on any atom is -0.384 e. The molecule has 104 valence electrons. The lowest BCUT2D eigenvalue weighted by atomic mass is 10.2. The molecule has 0 atom stereocenters. The van der Waals surface area contributed by atoms with Gasteiger partial charge in [-0.3, -0.25) is 0 Å². The Bertz CT molecular complexity index is 728. The van der Waals surface area contributed by atoms with Gasteiger partial charge in [0.25, 0.3) is 0 Å². The van der Waals surface area contributed by atoms with Crippen LogP contribution in [0.2, 0.25) is 0 Å². The van der Waals surface area contributed by atoms with Crippen LogP contribution in [0, 0.1) is 11.8 Å². The summed E-state index contributed by atoms with van der Waals surface area (Å²) >= 11 is 0. The Balaban J connectivity index is 2.16. The van der Waals surface area contributed by atoms with Crippen LogP contribution in [0.25, 0.3) is 0 Å². The lowest BCUT2D eigenvalue weighted by Gasteiger charge is -2.05. The quantitative estimate of drug-likeness (QED) is 0.703. The number of nitrogens with zero attached hydrogens (tertiary/aromatic N) is 1. The maximum atomic E-state index is 12.1. The van der Waals surface area contributed by atoms with E-state index in [1.807, 2.05) is 0 Å². The highest BCUT2D eigenvalue weighted by Crippen LogP contribution is 2.11. The van der Waals surface area contributed by atoms with Crippen LogP contribution in [0.3, 0.4) is 0 Å². The summed E-state index contributed by atoms with van der Waals surface area (Å²) in [6.07, 6.45) is 3.17. The highest BCUT2D eigenvalue weighted by atomic mass is 32.2. The van der Waals surface area contributed by atoms with Gasteiger partial charge in [-0.2, -0.15) is 0 Å². The van der Waals surface area contributed by atoms with E-state index < -0.39 is 10.0 Å². The number of aliphatic hydroxyl groups is 1. The van der Waals surface area contributed by atoms with E-state index in [0.29, 0.717) is 11.4 Å². The number of hydrogen-bond donors (Lipinski definition) is 3. The molecule has 1 aromatic carbocycles. The molecule has 20 heavy (non-hydrogen) atoms. The van der Waals surface area contributed by atoms with Crippen LogP contribution in [0.5, 0.6) is 0 Å². The summed E-state index contributed by atoms with van der Waals surface area (Å²) in [7, 11) is -3.62. The van der Waals surface area contributed by atoms with Gasteiger partial charge in [0, 0.05) is 18.0 Å². The Morgan fingerprint density at radius 1 is 1.40 bits per heavy atom. The number of aromatic nitrogens is 2. The molecule has 0 saturated heterocycles. The third-order valence-electron chi connectivity index (χ3n) is 2.44. The maximum Gasteiger partial charge on any atom is 0.241 e. The van der Waals surface area contributed by atoms with Gasteiger partial charge in [0.05, 0.1) is 11.4 Å². The Kier molecular flexibility index (Phi) is 4.53. The van der Waals surface area contributed by atoms with Crippen LogP contribution in [0.15, 0.2) is 41.6 Å². The van der Waals surface area contributed by atoms with Crippen LogP contribution < -0.4 is 4.72 Å². The van der Waals surface area contributed by atoms with Crippen molar-refractivity contribution in [2.24, 2.45) is 0 Å². The minimum absolute atomic E-state index is 0.0852. The molecule has 0 saturated carbocycles. The number of nitrogens with one attached hydrogen (secondary N) is 2. The second-order valence-electron chi connectivity index (χ2n) is 3.85. The average Bonchev–Trinajstić information content (AvgIpc) is 2.97. The standard InChI is InChI=1S/C13H13N3O3S/c17-8-2-4-11-3-1-5-12(9-11)20(18,19)16-10-13-14-6-7-15-13/h1,3,5-7,9,16-17H,8,10H2,(H,14,15). The van der Waals surface area contributed by atoms with Crippen molar-refractivity contribution in [1.82, 2.24) is 14.7 Å². The van der Waals surface area contributed by atoms with E-state index in [2.05, 4.69) is 26.5 Å². The Morgan fingerprint density at radius 2 is 2.25 bits per heavy atom. The van der Waals surface area contributed by atoms with Crippen LogP contribution in [-0.2, 0) is 16.6 Å². The fourth-order valence-corrected chi connectivity index (χ4v) is 2.56. The van der Waals surface area contributed by atoms with E-state index in [0.717, 1.165) is 0 Å². The van der Waals surface area contributed by atoms with Gasteiger partial charge in [-0.05, 0) is 18.2 Å². The van der Waals surface area contributed by atoms with Crippen molar-refractivity contribution in [3.05, 3.63) is 48.0 Å². The molecular formula is C13H13N3O3S. The van der Waals surface area contributed by atoms with E-state index in [1.165, 1.54) is 12.1 Å². The molecule has 0 fully saturated rings. The molecule has 2 rings (SSSR count). The van der Waals surface area contributed by atoms with Crippen LogP contribution >= 0.6 is 0 Å². The van der Waals surface area contributed by atoms with Crippen molar-refractivity contribution in [2.75, 3.05) is 6.61 Å². The van der Waals surface area contributed by atoms with E-state index in [-0.39, 0.29) is 18.0 Å². The normalized spacial score (nSPS) is 10.8. The third kappa shape index (κ3) is 3.68. The van der Waals surface area contributed by atoms with Crippen molar-refractivity contribution >= 4 is 10.0 Å². The SMILES string of the molecule is O=S(=O)(NCc1ncc[nH]1)c1cccc(C#CCO)c1. The molecule has 0 radical (unpaired) electrons. The first kappa shape index (κ1) is 14.3. The Morgan fingerprint density at radius 3 is 2.95 bits per heavy atom. The molecular weight excluding hydrogens is 278 g/mol. The summed E-state index contributed by atoms with van der Waals surface area (Å²) in [5.74, 6) is 5.67. The largest absolute Gasteiger partial charge is 0.384 e. The number of benzene rings is 1. The monoisotopic (exact) mass is 291 g/mol. The highest BCUT2D eigenvalue weighted by molar-refractivity contribution is 7.89. The summed E-state index contributed by atoms with van der Waals surface area (Å²) in [6.45, 7) is -0.185. The Hall–Kier alpha value is -2.14. The van der Waals surface area contributed by atoms with Crippen LogP contribution in [0.4, 0.5) is 0 Å². The fraction of sp³-hybridized carbons (Fsp3) is 0.154. The molecule has 0 aliphatic rings. The first-order valence-corrected chi connectivity index (χ1v) is 7.28.